The van der Waals surface area contributed by atoms with E-state index < -0.39 is 10.0 Å². The first kappa shape index (κ1) is 20.9. The Kier molecular flexibility index (Phi) is 6.37. The van der Waals surface area contributed by atoms with E-state index in [4.69, 9.17) is 4.74 Å². The molecule has 0 spiro atoms. The number of amides is 1. The Morgan fingerprint density at radius 3 is 2.26 bits per heavy atom. The van der Waals surface area contributed by atoms with Crippen LogP contribution in [-0.4, -0.2) is 62.4 Å². The summed E-state index contributed by atoms with van der Waals surface area (Å²) in [6.45, 7) is 8.26. The highest BCUT2D eigenvalue weighted by Crippen LogP contribution is 2.38. The number of fused-ring (bicyclic) bond motifs is 2. The average Bonchev–Trinajstić information content (AvgIpc) is 2.86. The molecule has 3 rings (SSSR count). The summed E-state index contributed by atoms with van der Waals surface area (Å²) in [4.78, 5) is 12.1. The molecule has 7 nitrogen and oxygen atoms in total. The summed E-state index contributed by atoms with van der Waals surface area (Å²) in [5.74, 6) is 0.534. The Hall–Kier alpha value is -0.860. The van der Waals surface area contributed by atoms with Crippen LogP contribution >= 0.6 is 0 Å². The van der Waals surface area contributed by atoms with Crippen molar-refractivity contribution in [1.82, 2.24) is 14.9 Å². The van der Waals surface area contributed by atoms with Gasteiger partial charge < -0.3 is 15.4 Å². The van der Waals surface area contributed by atoms with E-state index in [0.717, 1.165) is 38.8 Å². The minimum atomic E-state index is -3.24. The van der Waals surface area contributed by atoms with E-state index in [-0.39, 0.29) is 41.3 Å². The van der Waals surface area contributed by atoms with E-state index in [1.54, 1.807) is 4.31 Å². The highest BCUT2D eigenvalue weighted by atomic mass is 32.2. The molecule has 3 atom stereocenters. The number of nitrogens with zero attached hydrogens (tertiary/aromatic N) is 1. The number of rotatable bonds is 5. The molecule has 0 aliphatic carbocycles. The number of sulfonamides is 1. The van der Waals surface area contributed by atoms with Crippen molar-refractivity contribution in [2.24, 2.45) is 11.3 Å². The zero-order chi connectivity index (χ0) is 19.7. The van der Waals surface area contributed by atoms with Crippen LogP contribution in [0.15, 0.2) is 0 Å². The fourth-order valence-electron chi connectivity index (χ4n) is 4.63. The van der Waals surface area contributed by atoms with Crippen molar-refractivity contribution in [3.05, 3.63) is 0 Å². The number of hydrogen-bond donors (Lipinski definition) is 2. The third-order valence-electron chi connectivity index (χ3n) is 5.85. The molecule has 2 N–H and O–H groups in total. The molecule has 3 aliphatic rings. The average molecular weight is 402 g/mol. The van der Waals surface area contributed by atoms with E-state index in [9.17, 15) is 13.2 Å². The van der Waals surface area contributed by atoms with Crippen LogP contribution in [0.4, 0.5) is 4.79 Å². The molecule has 2 bridgehead atoms. The van der Waals surface area contributed by atoms with Gasteiger partial charge >= 0.3 is 6.09 Å². The predicted octanol–water partition coefficient (Wildman–Crippen LogP) is 2.08. The monoisotopic (exact) mass is 401 g/mol. The molecule has 3 aliphatic heterocycles. The van der Waals surface area contributed by atoms with Gasteiger partial charge in [0.1, 0.15) is 0 Å². The molecular weight excluding hydrogens is 366 g/mol. The molecule has 0 radical (unpaired) electrons. The smallest absolute Gasteiger partial charge is 0.407 e. The zero-order valence-corrected chi connectivity index (χ0v) is 17.7. The second-order valence-corrected chi connectivity index (χ2v) is 11.6. The van der Waals surface area contributed by atoms with Crippen molar-refractivity contribution in [3.63, 3.8) is 0 Å². The molecule has 156 valence electrons. The Morgan fingerprint density at radius 1 is 1.11 bits per heavy atom. The fourth-order valence-corrected chi connectivity index (χ4v) is 7.02. The second-order valence-electron chi connectivity index (χ2n) is 9.64. The number of alkyl carbamates (subject to hydrolysis) is 1. The van der Waals surface area contributed by atoms with Gasteiger partial charge in [-0.05, 0) is 62.9 Å². The van der Waals surface area contributed by atoms with Crippen molar-refractivity contribution >= 4 is 16.1 Å². The maximum absolute atomic E-state index is 13.0. The van der Waals surface area contributed by atoms with Gasteiger partial charge in [0.05, 0.1) is 12.4 Å². The number of carbonyl (C=O) groups excluding carboxylic acids is 1. The van der Waals surface area contributed by atoms with Gasteiger partial charge in [0.25, 0.3) is 0 Å². The molecule has 1 unspecified atom stereocenters. The number of carbonyl (C=O) groups is 1. The highest BCUT2D eigenvalue weighted by Gasteiger charge is 2.47. The van der Waals surface area contributed by atoms with Gasteiger partial charge in [-0.15, -0.1) is 0 Å². The zero-order valence-electron chi connectivity index (χ0n) is 16.9. The molecule has 27 heavy (non-hydrogen) atoms. The lowest BCUT2D eigenvalue weighted by atomic mass is 9.99. The molecule has 0 aromatic carbocycles. The standard InChI is InChI=1S/C19H35N3O4S/c1-19(2,3)13-26-18(23)21-15-10-16-4-5-17(11-15)22(16)27(24,25)12-14-6-8-20-9-7-14/h14-17,20H,4-13H2,1-3H3,(H,21,23)/t15?,16-,17+. The Bertz CT molecular complexity index is 611. The van der Waals surface area contributed by atoms with Crippen LogP contribution in [0.25, 0.3) is 0 Å². The summed E-state index contributed by atoms with van der Waals surface area (Å²) < 4.78 is 33.2. The van der Waals surface area contributed by atoms with E-state index in [1.165, 1.54) is 0 Å². The van der Waals surface area contributed by atoms with Crippen molar-refractivity contribution in [2.45, 2.75) is 77.4 Å². The Morgan fingerprint density at radius 2 is 1.70 bits per heavy atom. The Balaban J connectivity index is 1.54. The van der Waals surface area contributed by atoms with Gasteiger partial charge in [0.2, 0.25) is 10.0 Å². The maximum Gasteiger partial charge on any atom is 0.407 e. The van der Waals surface area contributed by atoms with Gasteiger partial charge in [-0.2, -0.15) is 4.31 Å². The van der Waals surface area contributed by atoms with Gasteiger partial charge in [-0.25, -0.2) is 13.2 Å². The molecule has 0 saturated carbocycles. The second kappa shape index (κ2) is 8.25. The topological polar surface area (TPSA) is 87.7 Å². The van der Waals surface area contributed by atoms with Crippen LogP contribution in [0.3, 0.4) is 0 Å². The molecule has 0 aromatic heterocycles. The number of hydrogen-bond acceptors (Lipinski definition) is 5. The number of nitrogens with one attached hydrogen (secondary N) is 2. The lowest BCUT2D eigenvalue weighted by Gasteiger charge is -2.39. The third-order valence-corrected chi connectivity index (χ3v) is 7.98. The fraction of sp³-hybridized carbons (Fsp3) is 0.947. The first-order valence-electron chi connectivity index (χ1n) is 10.3. The largest absolute Gasteiger partial charge is 0.449 e. The lowest BCUT2D eigenvalue weighted by molar-refractivity contribution is 0.0978. The summed E-state index contributed by atoms with van der Waals surface area (Å²) in [6.07, 6.45) is 4.65. The van der Waals surface area contributed by atoms with Crippen LogP contribution in [0.5, 0.6) is 0 Å². The molecular formula is C19H35N3O4S. The minimum Gasteiger partial charge on any atom is -0.449 e. The summed E-state index contributed by atoms with van der Waals surface area (Å²) >= 11 is 0. The summed E-state index contributed by atoms with van der Waals surface area (Å²) in [5.41, 5.74) is -0.0670. The molecule has 3 saturated heterocycles. The highest BCUT2D eigenvalue weighted by molar-refractivity contribution is 7.89. The first-order chi connectivity index (χ1) is 12.6. The normalized spacial score (nSPS) is 30.3. The van der Waals surface area contributed by atoms with Crippen molar-refractivity contribution < 1.29 is 17.9 Å². The molecule has 3 heterocycles. The summed E-state index contributed by atoms with van der Waals surface area (Å²) in [6, 6.07) is 0.0343. The Labute approximate surface area is 163 Å². The van der Waals surface area contributed by atoms with Gasteiger partial charge in [-0.3, -0.25) is 0 Å². The van der Waals surface area contributed by atoms with Crippen molar-refractivity contribution in [3.8, 4) is 0 Å². The van der Waals surface area contributed by atoms with Gasteiger partial charge in [0.15, 0.2) is 0 Å². The molecule has 1 amide bonds. The summed E-state index contributed by atoms with van der Waals surface area (Å²) in [5, 5.41) is 6.25. The van der Waals surface area contributed by atoms with Crippen LogP contribution in [0.2, 0.25) is 0 Å². The van der Waals surface area contributed by atoms with Crippen LogP contribution < -0.4 is 10.6 Å². The van der Waals surface area contributed by atoms with E-state index in [1.807, 2.05) is 20.8 Å². The number of ether oxygens (including phenoxy) is 1. The van der Waals surface area contributed by atoms with E-state index in [0.29, 0.717) is 19.4 Å². The van der Waals surface area contributed by atoms with Crippen LogP contribution in [-0.2, 0) is 14.8 Å². The molecule has 0 aromatic rings. The maximum atomic E-state index is 13.0. The third kappa shape index (κ3) is 5.57. The van der Waals surface area contributed by atoms with Crippen LogP contribution in [0, 0.1) is 11.3 Å². The minimum absolute atomic E-state index is 0.000277. The number of piperidine rings is 2. The van der Waals surface area contributed by atoms with Gasteiger partial charge in [-0.1, -0.05) is 20.8 Å². The van der Waals surface area contributed by atoms with Crippen LogP contribution in [0.1, 0.15) is 59.3 Å². The quantitative estimate of drug-likeness (QED) is 0.736. The van der Waals surface area contributed by atoms with Crippen molar-refractivity contribution in [1.29, 1.82) is 0 Å². The van der Waals surface area contributed by atoms with Crippen molar-refractivity contribution in [2.75, 3.05) is 25.4 Å². The summed E-state index contributed by atoms with van der Waals surface area (Å²) in [7, 11) is -3.24. The lowest BCUT2D eigenvalue weighted by Crippen LogP contribution is -2.53. The molecule has 8 heteroatoms. The van der Waals surface area contributed by atoms with E-state index in [2.05, 4.69) is 10.6 Å². The van der Waals surface area contributed by atoms with Gasteiger partial charge in [0, 0.05) is 18.1 Å². The molecule has 3 fully saturated rings. The SMILES string of the molecule is CC(C)(C)COC(=O)NC1C[C@H]2CC[C@@H](C1)N2S(=O)(=O)CC1CCNCC1. The predicted molar refractivity (Wildman–Crippen MR) is 105 cm³/mol. The first-order valence-corrected chi connectivity index (χ1v) is 11.9. The van der Waals surface area contributed by atoms with E-state index >= 15 is 0 Å².